The minimum absolute atomic E-state index is 0.113. The van der Waals surface area contributed by atoms with E-state index >= 15 is 0 Å². The van der Waals surface area contributed by atoms with Crippen molar-refractivity contribution in [2.24, 2.45) is 0 Å². The highest BCUT2D eigenvalue weighted by atomic mass is 19.4. The Morgan fingerprint density at radius 3 is 1.39 bits per heavy atom. The highest BCUT2D eigenvalue weighted by Crippen LogP contribution is 2.48. The van der Waals surface area contributed by atoms with Gasteiger partial charge in [-0.2, -0.15) is 26.3 Å². The van der Waals surface area contributed by atoms with Gasteiger partial charge in [0.1, 0.15) is 0 Å². The van der Waals surface area contributed by atoms with Crippen molar-refractivity contribution in [1.29, 1.82) is 0 Å². The van der Waals surface area contributed by atoms with Gasteiger partial charge in [0, 0.05) is 5.41 Å². The first-order valence-corrected chi connectivity index (χ1v) is 9.32. The van der Waals surface area contributed by atoms with Gasteiger partial charge < -0.3 is 0 Å². The maximum absolute atomic E-state index is 13.4. The SMILES string of the molecule is Cc1ccc(C2(c3ccc(C)c(C(F)(F)F)c3)CCCCC2)cc1C(F)(F)F. The molecule has 1 fully saturated rings. The highest BCUT2D eigenvalue weighted by Gasteiger charge is 2.41. The third kappa shape index (κ3) is 3.78. The summed E-state index contributed by atoms with van der Waals surface area (Å²) in [7, 11) is 0. The van der Waals surface area contributed by atoms with E-state index in [1.54, 1.807) is 12.1 Å². The molecule has 0 unspecified atom stereocenters. The van der Waals surface area contributed by atoms with Crippen molar-refractivity contribution in [1.82, 2.24) is 0 Å². The van der Waals surface area contributed by atoms with Gasteiger partial charge in [0.05, 0.1) is 11.1 Å². The summed E-state index contributed by atoms with van der Waals surface area (Å²) in [6.45, 7) is 2.79. The van der Waals surface area contributed by atoms with E-state index in [-0.39, 0.29) is 11.1 Å². The number of benzene rings is 2. The van der Waals surface area contributed by atoms with Crippen LogP contribution in [0.25, 0.3) is 0 Å². The van der Waals surface area contributed by atoms with Crippen molar-refractivity contribution in [3.63, 3.8) is 0 Å². The van der Waals surface area contributed by atoms with Crippen molar-refractivity contribution in [2.75, 3.05) is 0 Å². The lowest BCUT2D eigenvalue weighted by Gasteiger charge is -2.39. The molecule has 0 aliphatic heterocycles. The Balaban J connectivity index is 2.21. The Kier molecular flexibility index (Phi) is 5.28. The van der Waals surface area contributed by atoms with Gasteiger partial charge in [-0.15, -0.1) is 0 Å². The van der Waals surface area contributed by atoms with E-state index in [0.29, 0.717) is 24.0 Å². The summed E-state index contributed by atoms with van der Waals surface area (Å²) in [6, 6.07) is 8.40. The zero-order chi connectivity index (χ0) is 20.7. The van der Waals surface area contributed by atoms with Gasteiger partial charge in [-0.05, 0) is 61.1 Å². The summed E-state index contributed by atoms with van der Waals surface area (Å²) in [5, 5.41) is 0. The third-order valence-electron chi connectivity index (χ3n) is 5.90. The van der Waals surface area contributed by atoms with Gasteiger partial charge in [-0.25, -0.2) is 0 Å². The monoisotopic (exact) mass is 400 g/mol. The summed E-state index contributed by atoms with van der Waals surface area (Å²) in [5.41, 5.74) is -1.16. The molecule has 2 aromatic rings. The molecule has 0 heterocycles. The molecule has 0 atom stereocenters. The topological polar surface area (TPSA) is 0 Å². The molecule has 3 rings (SSSR count). The van der Waals surface area contributed by atoms with Gasteiger partial charge in [-0.1, -0.05) is 43.5 Å². The molecule has 28 heavy (non-hydrogen) atoms. The van der Waals surface area contributed by atoms with Crippen LogP contribution in [0, 0.1) is 13.8 Å². The first kappa shape index (κ1) is 20.7. The Labute approximate surface area is 160 Å². The van der Waals surface area contributed by atoms with E-state index in [1.165, 1.54) is 26.0 Å². The van der Waals surface area contributed by atoms with Gasteiger partial charge >= 0.3 is 12.4 Å². The molecule has 0 nitrogen and oxygen atoms in total. The number of halogens is 6. The summed E-state index contributed by atoms with van der Waals surface area (Å²) >= 11 is 0. The predicted molar refractivity (Wildman–Crippen MR) is 96.2 cm³/mol. The van der Waals surface area contributed by atoms with Crippen LogP contribution in [0.4, 0.5) is 26.3 Å². The molecule has 1 aliphatic carbocycles. The first-order valence-electron chi connectivity index (χ1n) is 9.32. The Morgan fingerprint density at radius 1 is 0.643 bits per heavy atom. The molecule has 0 spiro atoms. The average molecular weight is 400 g/mol. The van der Waals surface area contributed by atoms with Crippen LogP contribution in [0.5, 0.6) is 0 Å². The maximum atomic E-state index is 13.4. The highest BCUT2D eigenvalue weighted by molar-refractivity contribution is 5.47. The van der Waals surface area contributed by atoms with E-state index in [1.807, 2.05) is 0 Å². The smallest absolute Gasteiger partial charge is 0.166 e. The molecular weight excluding hydrogens is 378 g/mol. The number of hydrogen-bond acceptors (Lipinski definition) is 0. The van der Waals surface area contributed by atoms with E-state index in [9.17, 15) is 26.3 Å². The van der Waals surface area contributed by atoms with Gasteiger partial charge in [0.2, 0.25) is 0 Å². The van der Waals surface area contributed by atoms with Crippen molar-refractivity contribution >= 4 is 0 Å². The summed E-state index contributed by atoms with van der Waals surface area (Å²) < 4.78 is 80.7. The number of alkyl halides is 6. The predicted octanol–water partition coefficient (Wildman–Crippen LogP) is 7.59. The van der Waals surface area contributed by atoms with Crippen molar-refractivity contribution in [3.8, 4) is 0 Å². The molecule has 1 saturated carbocycles. The Hall–Kier alpha value is -1.98. The molecule has 1 aliphatic rings. The molecule has 0 bridgehead atoms. The number of aryl methyl sites for hydroxylation is 2. The Bertz CT molecular complexity index is 789. The lowest BCUT2D eigenvalue weighted by molar-refractivity contribution is -0.138. The largest absolute Gasteiger partial charge is 0.416 e. The average Bonchev–Trinajstić information content (AvgIpc) is 2.61. The van der Waals surface area contributed by atoms with Gasteiger partial charge in [0.25, 0.3) is 0 Å². The third-order valence-corrected chi connectivity index (χ3v) is 5.90. The van der Waals surface area contributed by atoms with E-state index < -0.39 is 28.9 Å². The fourth-order valence-electron chi connectivity index (χ4n) is 4.35. The molecule has 152 valence electrons. The molecule has 0 saturated heterocycles. The maximum Gasteiger partial charge on any atom is 0.416 e. The lowest BCUT2D eigenvalue weighted by atomic mass is 9.64. The van der Waals surface area contributed by atoms with Crippen molar-refractivity contribution in [2.45, 2.75) is 63.7 Å². The van der Waals surface area contributed by atoms with Crippen LogP contribution in [0.2, 0.25) is 0 Å². The summed E-state index contributed by atoms with van der Waals surface area (Å²) in [6.07, 6.45) is -5.46. The molecule has 0 N–H and O–H groups in total. The van der Waals surface area contributed by atoms with Crippen LogP contribution in [0.15, 0.2) is 36.4 Å². The van der Waals surface area contributed by atoms with Crippen molar-refractivity contribution in [3.05, 3.63) is 69.8 Å². The van der Waals surface area contributed by atoms with Crippen LogP contribution in [-0.4, -0.2) is 0 Å². The Morgan fingerprint density at radius 2 is 1.04 bits per heavy atom. The van der Waals surface area contributed by atoms with Crippen LogP contribution >= 0.6 is 0 Å². The second-order valence-corrected chi connectivity index (χ2v) is 7.70. The summed E-state index contributed by atoms with van der Waals surface area (Å²) in [5.74, 6) is 0. The van der Waals surface area contributed by atoms with Crippen molar-refractivity contribution < 1.29 is 26.3 Å². The molecule has 2 aromatic carbocycles. The van der Waals surface area contributed by atoms with E-state index in [4.69, 9.17) is 0 Å². The molecule has 0 amide bonds. The minimum atomic E-state index is -4.50. The fourth-order valence-corrected chi connectivity index (χ4v) is 4.35. The van der Waals surface area contributed by atoms with E-state index in [0.717, 1.165) is 31.4 Å². The fraction of sp³-hybridized carbons (Fsp3) is 0.455. The molecular formula is C22H22F6. The van der Waals surface area contributed by atoms with Crippen LogP contribution in [-0.2, 0) is 17.8 Å². The van der Waals surface area contributed by atoms with Crippen LogP contribution < -0.4 is 0 Å². The standard InChI is InChI=1S/C22H22F6/c1-14-6-8-16(12-18(14)21(23,24)25)20(10-4-3-5-11-20)17-9-7-15(2)19(13-17)22(26,27)28/h6-9,12-13H,3-5,10-11H2,1-2H3. The van der Waals surface area contributed by atoms with E-state index in [2.05, 4.69) is 0 Å². The second kappa shape index (κ2) is 7.12. The second-order valence-electron chi connectivity index (χ2n) is 7.70. The molecule has 0 radical (unpaired) electrons. The van der Waals surface area contributed by atoms with Gasteiger partial charge in [-0.3, -0.25) is 0 Å². The summed E-state index contributed by atoms with van der Waals surface area (Å²) in [4.78, 5) is 0. The van der Waals surface area contributed by atoms with Crippen LogP contribution in [0.3, 0.4) is 0 Å². The number of rotatable bonds is 2. The quantitative estimate of drug-likeness (QED) is 0.456. The van der Waals surface area contributed by atoms with Crippen LogP contribution in [0.1, 0.15) is 65.5 Å². The minimum Gasteiger partial charge on any atom is -0.166 e. The normalized spacial score (nSPS) is 17.6. The number of hydrogen-bond donors (Lipinski definition) is 0. The molecule has 0 aromatic heterocycles. The zero-order valence-electron chi connectivity index (χ0n) is 15.8. The van der Waals surface area contributed by atoms with Gasteiger partial charge in [0.15, 0.2) is 0 Å². The lowest BCUT2D eigenvalue weighted by Crippen LogP contribution is -2.31. The molecule has 6 heteroatoms. The first-order chi connectivity index (χ1) is 12.9. The zero-order valence-corrected chi connectivity index (χ0v) is 15.8.